The highest BCUT2D eigenvalue weighted by molar-refractivity contribution is 6.88. The van der Waals surface area contributed by atoms with Crippen molar-refractivity contribution in [2.75, 3.05) is 6.61 Å². The minimum Gasteiger partial charge on any atom is -0.490 e. The third-order valence-electron chi connectivity index (χ3n) is 2.70. The SMILES string of the molecule is CCOc1c([Si](C)(C)C)nc(C)c2nc[nH]c12. The predicted molar refractivity (Wildman–Crippen MR) is 72.8 cm³/mol. The molecule has 0 aliphatic heterocycles. The molecule has 0 aliphatic carbocycles. The lowest BCUT2D eigenvalue weighted by Gasteiger charge is -2.20. The van der Waals surface area contributed by atoms with Gasteiger partial charge >= 0.3 is 0 Å². The van der Waals surface area contributed by atoms with Gasteiger partial charge in [0.1, 0.15) is 19.1 Å². The van der Waals surface area contributed by atoms with Crippen LogP contribution in [-0.4, -0.2) is 29.6 Å². The molecular weight excluding hydrogens is 230 g/mol. The van der Waals surface area contributed by atoms with E-state index in [9.17, 15) is 0 Å². The first-order valence-corrected chi connectivity index (χ1v) is 9.42. The largest absolute Gasteiger partial charge is 0.490 e. The summed E-state index contributed by atoms with van der Waals surface area (Å²) in [6.45, 7) is 11.5. The molecule has 1 N–H and O–H groups in total. The topological polar surface area (TPSA) is 50.8 Å². The van der Waals surface area contributed by atoms with Gasteiger partial charge in [0.15, 0.2) is 5.75 Å². The number of aromatic amines is 1. The van der Waals surface area contributed by atoms with Crippen LogP contribution in [0.5, 0.6) is 5.75 Å². The first-order valence-electron chi connectivity index (χ1n) is 5.92. The van der Waals surface area contributed by atoms with Gasteiger partial charge in [-0.3, -0.25) is 4.98 Å². The summed E-state index contributed by atoms with van der Waals surface area (Å²) in [7, 11) is -1.52. The molecule has 0 fully saturated rings. The second-order valence-electron chi connectivity index (χ2n) is 5.18. The van der Waals surface area contributed by atoms with Gasteiger partial charge in [-0.15, -0.1) is 0 Å². The molecule has 2 aromatic heterocycles. The molecule has 2 heterocycles. The molecule has 0 spiro atoms. The minimum absolute atomic E-state index is 0.649. The Morgan fingerprint density at radius 3 is 2.65 bits per heavy atom. The second-order valence-corrected chi connectivity index (χ2v) is 10.2. The number of fused-ring (bicyclic) bond motifs is 1. The van der Waals surface area contributed by atoms with Crippen LogP contribution in [0.25, 0.3) is 11.0 Å². The molecule has 5 heteroatoms. The molecular formula is C12H19N3OSi. The lowest BCUT2D eigenvalue weighted by Crippen LogP contribution is -2.41. The van der Waals surface area contributed by atoms with E-state index in [1.54, 1.807) is 6.33 Å². The average molecular weight is 249 g/mol. The molecule has 92 valence electrons. The Morgan fingerprint density at radius 2 is 2.06 bits per heavy atom. The monoisotopic (exact) mass is 249 g/mol. The Balaban J connectivity index is 2.77. The van der Waals surface area contributed by atoms with Crippen LogP contribution in [0.15, 0.2) is 6.33 Å². The zero-order valence-corrected chi connectivity index (χ0v) is 12.1. The summed E-state index contributed by atoms with van der Waals surface area (Å²) in [5, 5.41) is 1.12. The molecule has 4 nitrogen and oxygen atoms in total. The fourth-order valence-corrected chi connectivity index (χ4v) is 3.31. The van der Waals surface area contributed by atoms with Gasteiger partial charge in [0.2, 0.25) is 0 Å². The van der Waals surface area contributed by atoms with Crippen LogP contribution in [0.2, 0.25) is 19.6 Å². The van der Waals surface area contributed by atoms with Crippen molar-refractivity contribution in [3.05, 3.63) is 12.0 Å². The Bertz CT molecular complexity index is 542. The van der Waals surface area contributed by atoms with Gasteiger partial charge in [0.25, 0.3) is 0 Å². The zero-order chi connectivity index (χ0) is 12.6. The Hall–Kier alpha value is -1.36. The number of nitrogens with one attached hydrogen (secondary N) is 1. The molecule has 0 unspecified atom stereocenters. The molecule has 0 saturated carbocycles. The molecule has 0 aromatic carbocycles. The summed E-state index contributed by atoms with van der Waals surface area (Å²) in [6.07, 6.45) is 1.70. The van der Waals surface area contributed by atoms with E-state index in [1.165, 1.54) is 0 Å². The summed E-state index contributed by atoms with van der Waals surface area (Å²) < 4.78 is 5.79. The van der Waals surface area contributed by atoms with Crippen LogP contribution in [0, 0.1) is 6.92 Å². The Morgan fingerprint density at radius 1 is 1.35 bits per heavy atom. The van der Waals surface area contributed by atoms with Crippen molar-refractivity contribution in [2.45, 2.75) is 33.5 Å². The summed E-state index contributed by atoms with van der Waals surface area (Å²) in [5.74, 6) is 0.893. The number of nitrogens with zero attached hydrogens (tertiary/aromatic N) is 2. The highest BCUT2D eigenvalue weighted by Crippen LogP contribution is 2.24. The van der Waals surface area contributed by atoms with E-state index in [1.807, 2.05) is 13.8 Å². The fourth-order valence-electron chi connectivity index (χ4n) is 1.92. The van der Waals surface area contributed by atoms with E-state index in [4.69, 9.17) is 9.72 Å². The molecule has 0 saturated heterocycles. The van der Waals surface area contributed by atoms with E-state index in [-0.39, 0.29) is 0 Å². The molecule has 17 heavy (non-hydrogen) atoms. The van der Waals surface area contributed by atoms with Crippen LogP contribution in [0.3, 0.4) is 0 Å². The maximum absolute atomic E-state index is 5.79. The summed E-state index contributed by atoms with van der Waals surface area (Å²) in [6, 6.07) is 0. The predicted octanol–water partition coefficient (Wildman–Crippen LogP) is 2.21. The molecule has 2 aromatic rings. The lowest BCUT2D eigenvalue weighted by atomic mass is 10.3. The van der Waals surface area contributed by atoms with Crippen molar-refractivity contribution in [2.24, 2.45) is 0 Å². The third-order valence-corrected chi connectivity index (χ3v) is 4.46. The number of rotatable bonds is 3. The second kappa shape index (κ2) is 4.14. The van der Waals surface area contributed by atoms with Crippen molar-refractivity contribution < 1.29 is 4.74 Å². The fraction of sp³-hybridized carbons (Fsp3) is 0.500. The summed E-state index contributed by atoms with van der Waals surface area (Å²) in [4.78, 5) is 12.2. The van der Waals surface area contributed by atoms with Crippen LogP contribution in [-0.2, 0) is 0 Å². The van der Waals surface area contributed by atoms with Gasteiger partial charge in [-0.25, -0.2) is 4.98 Å². The zero-order valence-electron chi connectivity index (χ0n) is 11.1. The highest BCUT2D eigenvalue weighted by Gasteiger charge is 2.26. The van der Waals surface area contributed by atoms with Gasteiger partial charge in [0.05, 0.1) is 23.9 Å². The molecule has 0 bridgehead atoms. The standard InChI is InChI=1S/C12H19N3OSi/c1-6-16-11-10-9(13-7-14-10)8(2)15-12(11)17(3,4)5/h7H,6H2,1-5H3,(H,13,14). The highest BCUT2D eigenvalue weighted by atomic mass is 28.3. The van der Waals surface area contributed by atoms with Crippen molar-refractivity contribution in [1.29, 1.82) is 0 Å². The van der Waals surface area contributed by atoms with Gasteiger partial charge in [-0.05, 0) is 13.8 Å². The molecule has 0 amide bonds. The first kappa shape index (κ1) is 12.1. The van der Waals surface area contributed by atoms with E-state index in [0.29, 0.717) is 6.61 Å². The number of hydrogen-bond acceptors (Lipinski definition) is 3. The van der Waals surface area contributed by atoms with E-state index in [2.05, 4.69) is 29.6 Å². The first-order chi connectivity index (χ1) is 7.95. The minimum atomic E-state index is -1.52. The van der Waals surface area contributed by atoms with Crippen molar-refractivity contribution >= 4 is 24.4 Å². The van der Waals surface area contributed by atoms with Gasteiger partial charge < -0.3 is 9.72 Å². The number of aromatic nitrogens is 3. The van der Waals surface area contributed by atoms with Gasteiger partial charge in [0, 0.05) is 0 Å². The van der Waals surface area contributed by atoms with Crippen LogP contribution >= 0.6 is 0 Å². The number of H-pyrrole nitrogens is 1. The number of hydrogen-bond donors (Lipinski definition) is 1. The molecule has 0 aliphatic rings. The normalized spacial score (nSPS) is 12.1. The summed E-state index contributed by atoms with van der Waals surface area (Å²) >= 11 is 0. The average Bonchev–Trinajstić information content (AvgIpc) is 2.69. The maximum Gasteiger partial charge on any atom is 0.161 e. The van der Waals surface area contributed by atoms with Gasteiger partial charge in [-0.2, -0.15) is 0 Å². The van der Waals surface area contributed by atoms with Crippen LogP contribution in [0.4, 0.5) is 0 Å². The molecule has 0 radical (unpaired) electrons. The number of ether oxygens (including phenoxy) is 1. The van der Waals surface area contributed by atoms with Gasteiger partial charge in [-0.1, -0.05) is 19.6 Å². The number of pyridine rings is 1. The lowest BCUT2D eigenvalue weighted by molar-refractivity contribution is 0.345. The van der Waals surface area contributed by atoms with Crippen LogP contribution < -0.4 is 10.1 Å². The summed E-state index contributed by atoms with van der Waals surface area (Å²) in [5.41, 5.74) is 2.87. The maximum atomic E-state index is 5.79. The molecule has 0 atom stereocenters. The smallest absolute Gasteiger partial charge is 0.161 e. The van der Waals surface area contributed by atoms with E-state index < -0.39 is 8.07 Å². The van der Waals surface area contributed by atoms with E-state index >= 15 is 0 Å². The van der Waals surface area contributed by atoms with Crippen molar-refractivity contribution in [3.8, 4) is 5.75 Å². The molecule has 2 rings (SSSR count). The van der Waals surface area contributed by atoms with Crippen molar-refractivity contribution in [3.63, 3.8) is 0 Å². The van der Waals surface area contributed by atoms with Crippen LogP contribution in [0.1, 0.15) is 12.6 Å². The van der Waals surface area contributed by atoms with E-state index in [0.717, 1.165) is 27.8 Å². The quantitative estimate of drug-likeness (QED) is 0.849. The van der Waals surface area contributed by atoms with Crippen molar-refractivity contribution in [1.82, 2.24) is 15.0 Å². The Kier molecular flexibility index (Phi) is 2.95. The third kappa shape index (κ3) is 2.07. The number of aryl methyl sites for hydroxylation is 1. The Labute approximate surface area is 102 Å². The number of imidazole rings is 1.